The predicted molar refractivity (Wildman–Crippen MR) is 92.5 cm³/mol. The van der Waals surface area contributed by atoms with Crippen LogP contribution in [-0.2, 0) is 4.79 Å². The van der Waals surface area contributed by atoms with Gasteiger partial charge in [-0.15, -0.1) is 0 Å². The van der Waals surface area contributed by atoms with Crippen LogP contribution in [0.1, 0.15) is 27.7 Å². The van der Waals surface area contributed by atoms with Gasteiger partial charge >= 0.3 is 0 Å². The van der Waals surface area contributed by atoms with E-state index in [-0.39, 0.29) is 11.1 Å². The second-order valence-electron chi connectivity index (χ2n) is 5.91. The molecule has 0 aliphatic carbocycles. The van der Waals surface area contributed by atoms with Crippen LogP contribution in [0, 0.1) is 11.3 Å². The van der Waals surface area contributed by atoms with Gasteiger partial charge in [-0.25, -0.2) is 0 Å². The average molecular weight is 336 g/mol. The predicted octanol–water partition coefficient (Wildman–Crippen LogP) is 3.81. The van der Waals surface area contributed by atoms with Crippen molar-refractivity contribution in [3.63, 3.8) is 0 Å². The number of methoxy groups -OCH3 is 1. The molecule has 0 spiro atoms. The second kappa shape index (κ2) is 7.89. The fourth-order valence-electron chi connectivity index (χ4n) is 2.02. The first-order valence-corrected chi connectivity index (χ1v) is 7.64. The number of amides is 1. The number of benzene rings is 1. The Kier molecular flexibility index (Phi) is 6.47. The molecule has 23 heavy (non-hydrogen) atoms. The summed E-state index contributed by atoms with van der Waals surface area (Å²) >= 11 is 5.94. The van der Waals surface area contributed by atoms with Crippen LogP contribution in [0.2, 0.25) is 5.02 Å². The summed E-state index contributed by atoms with van der Waals surface area (Å²) in [6.45, 7) is 8.69. The quantitative estimate of drug-likeness (QED) is 0.656. The zero-order chi connectivity index (χ0) is 17.6. The van der Waals surface area contributed by atoms with Crippen LogP contribution >= 0.6 is 11.6 Å². The third-order valence-corrected chi connectivity index (χ3v) is 3.50. The lowest BCUT2D eigenvalue weighted by molar-refractivity contribution is -0.112. The van der Waals surface area contributed by atoms with E-state index in [9.17, 15) is 10.1 Å². The summed E-state index contributed by atoms with van der Waals surface area (Å²) in [4.78, 5) is 14.3. The molecule has 1 N–H and O–H groups in total. The van der Waals surface area contributed by atoms with E-state index in [1.165, 1.54) is 7.11 Å². The van der Waals surface area contributed by atoms with E-state index >= 15 is 0 Å². The van der Waals surface area contributed by atoms with E-state index in [0.717, 1.165) is 0 Å². The van der Waals surface area contributed by atoms with Crippen molar-refractivity contribution in [2.75, 3.05) is 19.0 Å². The minimum atomic E-state index is -0.504. The molecular formula is C17H22ClN3O2. The Balaban J connectivity index is 3.08. The molecule has 0 aliphatic heterocycles. The molecule has 5 nitrogen and oxygen atoms in total. The zero-order valence-corrected chi connectivity index (χ0v) is 14.9. The third kappa shape index (κ3) is 5.19. The summed E-state index contributed by atoms with van der Waals surface area (Å²) in [6.07, 6.45) is 1.58. The lowest BCUT2D eigenvalue weighted by Crippen LogP contribution is -2.37. The maximum absolute atomic E-state index is 12.4. The Morgan fingerprint density at radius 2 is 2.13 bits per heavy atom. The van der Waals surface area contributed by atoms with Gasteiger partial charge in [-0.05, 0) is 45.9 Å². The molecule has 0 radical (unpaired) electrons. The number of rotatable bonds is 5. The molecule has 1 aromatic rings. The van der Waals surface area contributed by atoms with Crippen LogP contribution < -0.4 is 10.1 Å². The highest BCUT2D eigenvalue weighted by Crippen LogP contribution is 2.28. The van der Waals surface area contributed by atoms with Crippen molar-refractivity contribution in [2.24, 2.45) is 0 Å². The van der Waals surface area contributed by atoms with Gasteiger partial charge in [-0.3, -0.25) is 4.79 Å². The summed E-state index contributed by atoms with van der Waals surface area (Å²) in [5.41, 5.74) is 0.249. The Morgan fingerprint density at radius 1 is 1.48 bits per heavy atom. The van der Waals surface area contributed by atoms with Crippen molar-refractivity contribution in [2.45, 2.75) is 33.2 Å². The largest absolute Gasteiger partial charge is 0.495 e. The van der Waals surface area contributed by atoms with Gasteiger partial charge in [0.25, 0.3) is 5.91 Å². The van der Waals surface area contributed by atoms with Gasteiger partial charge in [0.15, 0.2) is 0 Å². The Hall–Kier alpha value is -2.19. The first kappa shape index (κ1) is 18.9. The van der Waals surface area contributed by atoms with Crippen molar-refractivity contribution in [1.29, 1.82) is 5.26 Å². The van der Waals surface area contributed by atoms with Gasteiger partial charge in [0.2, 0.25) is 0 Å². The number of nitrogens with zero attached hydrogens (tertiary/aromatic N) is 2. The monoisotopic (exact) mass is 335 g/mol. The number of hydrogen-bond donors (Lipinski definition) is 1. The number of anilines is 1. The number of hydrogen-bond acceptors (Lipinski definition) is 4. The fourth-order valence-corrected chi connectivity index (χ4v) is 2.19. The number of ether oxygens (including phenoxy) is 1. The lowest BCUT2D eigenvalue weighted by atomic mass is 10.1. The summed E-state index contributed by atoms with van der Waals surface area (Å²) in [6, 6.07) is 6.84. The van der Waals surface area contributed by atoms with Crippen LogP contribution in [-0.4, -0.2) is 30.0 Å². The first-order chi connectivity index (χ1) is 10.7. The van der Waals surface area contributed by atoms with E-state index in [1.807, 2.05) is 38.7 Å². The molecule has 0 heterocycles. The van der Waals surface area contributed by atoms with Crippen LogP contribution in [0.3, 0.4) is 0 Å². The number of nitriles is 1. The van der Waals surface area contributed by atoms with Crippen molar-refractivity contribution < 1.29 is 9.53 Å². The van der Waals surface area contributed by atoms with Crippen LogP contribution in [0.4, 0.5) is 5.69 Å². The molecule has 0 saturated carbocycles. The molecule has 0 unspecified atom stereocenters. The van der Waals surface area contributed by atoms with Crippen LogP contribution in [0.5, 0.6) is 5.75 Å². The topological polar surface area (TPSA) is 65.4 Å². The molecule has 1 amide bonds. The van der Waals surface area contributed by atoms with Gasteiger partial charge < -0.3 is 15.0 Å². The van der Waals surface area contributed by atoms with E-state index < -0.39 is 5.91 Å². The van der Waals surface area contributed by atoms with E-state index in [0.29, 0.717) is 23.0 Å². The number of carbonyl (C=O) groups is 1. The molecule has 0 fully saturated rings. The Morgan fingerprint density at radius 3 is 2.61 bits per heavy atom. The second-order valence-corrected chi connectivity index (χ2v) is 6.35. The molecule has 1 rings (SSSR count). The average Bonchev–Trinajstić information content (AvgIpc) is 2.47. The fraction of sp³-hybridized carbons (Fsp3) is 0.412. The number of nitrogens with one attached hydrogen (secondary N) is 1. The minimum Gasteiger partial charge on any atom is -0.495 e. The van der Waals surface area contributed by atoms with Crippen molar-refractivity contribution >= 4 is 23.2 Å². The van der Waals surface area contributed by atoms with Gasteiger partial charge in [-0.1, -0.05) is 11.6 Å². The van der Waals surface area contributed by atoms with Crippen LogP contribution in [0.15, 0.2) is 30.0 Å². The van der Waals surface area contributed by atoms with Crippen molar-refractivity contribution in [3.8, 4) is 11.8 Å². The minimum absolute atomic E-state index is 0.0174. The van der Waals surface area contributed by atoms with Crippen molar-refractivity contribution in [1.82, 2.24) is 4.90 Å². The lowest BCUT2D eigenvalue weighted by Gasteiger charge is -2.33. The zero-order valence-electron chi connectivity index (χ0n) is 14.1. The first-order valence-electron chi connectivity index (χ1n) is 7.26. The summed E-state index contributed by atoms with van der Waals surface area (Å²) in [7, 11) is 1.50. The van der Waals surface area contributed by atoms with E-state index in [4.69, 9.17) is 16.3 Å². The Labute approximate surface area is 142 Å². The smallest absolute Gasteiger partial charge is 0.267 e. The molecule has 0 saturated heterocycles. The van der Waals surface area contributed by atoms with Gasteiger partial charge in [0.1, 0.15) is 17.4 Å². The van der Waals surface area contributed by atoms with E-state index in [1.54, 1.807) is 24.4 Å². The maximum Gasteiger partial charge on any atom is 0.267 e. The normalized spacial score (nSPS) is 11.6. The van der Waals surface area contributed by atoms with Crippen molar-refractivity contribution in [3.05, 3.63) is 35.0 Å². The highest BCUT2D eigenvalue weighted by Gasteiger charge is 2.20. The maximum atomic E-state index is 12.4. The SMILES string of the molecule is CCN(/C=C(/C#N)C(=O)Nc1cc(Cl)ccc1OC)C(C)(C)C. The van der Waals surface area contributed by atoms with Crippen LogP contribution in [0.25, 0.3) is 0 Å². The number of halogens is 1. The molecule has 0 aromatic heterocycles. The molecule has 0 bridgehead atoms. The van der Waals surface area contributed by atoms with Gasteiger partial charge in [0.05, 0.1) is 12.8 Å². The summed E-state index contributed by atoms with van der Waals surface area (Å²) < 4.78 is 5.18. The van der Waals surface area contributed by atoms with Gasteiger partial charge in [-0.2, -0.15) is 5.26 Å². The summed E-state index contributed by atoms with van der Waals surface area (Å²) in [5.74, 6) is -0.0287. The Bertz CT molecular complexity index is 642. The molecule has 0 aliphatic rings. The molecule has 1 aromatic carbocycles. The molecule has 0 atom stereocenters. The molecular weight excluding hydrogens is 314 g/mol. The molecule has 124 valence electrons. The molecule has 6 heteroatoms. The number of carbonyl (C=O) groups excluding carboxylic acids is 1. The van der Waals surface area contributed by atoms with E-state index in [2.05, 4.69) is 5.32 Å². The van der Waals surface area contributed by atoms with Gasteiger partial charge in [0, 0.05) is 23.3 Å². The summed E-state index contributed by atoms with van der Waals surface area (Å²) in [5, 5.41) is 12.4. The standard InChI is InChI=1S/C17H22ClN3O2/c1-6-21(17(2,3)4)11-12(10-19)16(22)20-14-9-13(18)7-8-15(14)23-5/h7-9,11H,6H2,1-5H3,(H,20,22)/b12-11-. The highest BCUT2D eigenvalue weighted by molar-refractivity contribution is 6.31. The highest BCUT2D eigenvalue weighted by atomic mass is 35.5. The third-order valence-electron chi connectivity index (χ3n) is 3.26.